The number of hydrogen-bond donors (Lipinski definition) is 2. The maximum Gasteiger partial charge on any atom is 0.128 e. The third-order valence-electron chi connectivity index (χ3n) is 6.13. The van der Waals surface area contributed by atoms with Crippen LogP contribution in [0.3, 0.4) is 0 Å². The average molecular weight is 330 g/mol. The Morgan fingerprint density at radius 1 is 1.17 bits per heavy atom. The molecule has 132 valence electrons. The van der Waals surface area contributed by atoms with Gasteiger partial charge >= 0.3 is 0 Å². The lowest BCUT2D eigenvalue weighted by atomic mass is 9.76. The summed E-state index contributed by atoms with van der Waals surface area (Å²) in [7, 11) is 0. The normalized spacial score (nSPS) is 31.7. The first kappa shape index (κ1) is 16.3. The molecule has 4 rings (SSSR count). The Balaban J connectivity index is 1.38. The largest absolute Gasteiger partial charge is 0.389 e. The van der Waals surface area contributed by atoms with Crippen LogP contribution in [-0.4, -0.2) is 59.9 Å². The number of pyridine rings is 1. The lowest BCUT2D eigenvalue weighted by Gasteiger charge is -2.47. The van der Waals surface area contributed by atoms with Gasteiger partial charge in [-0.3, -0.25) is 4.90 Å². The van der Waals surface area contributed by atoms with Crippen LogP contribution in [0.1, 0.15) is 37.7 Å². The van der Waals surface area contributed by atoms with Gasteiger partial charge in [0.2, 0.25) is 0 Å². The van der Waals surface area contributed by atoms with Crippen molar-refractivity contribution in [1.82, 2.24) is 15.2 Å². The lowest BCUT2D eigenvalue weighted by Crippen LogP contribution is -2.59. The Labute approximate surface area is 145 Å². The quantitative estimate of drug-likeness (QED) is 0.882. The van der Waals surface area contributed by atoms with Crippen molar-refractivity contribution < 1.29 is 5.11 Å². The van der Waals surface area contributed by atoms with Crippen molar-refractivity contribution in [2.45, 2.75) is 44.2 Å². The van der Waals surface area contributed by atoms with E-state index in [0.717, 1.165) is 51.4 Å². The molecule has 2 atom stereocenters. The van der Waals surface area contributed by atoms with Crippen molar-refractivity contribution in [3.05, 3.63) is 23.9 Å². The highest BCUT2D eigenvalue weighted by atomic mass is 16.3. The number of anilines is 1. The fourth-order valence-electron chi connectivity index (χ4n) is 4.51. The summed E-state index contributed by atoms with van der Waals surface area (Å²) in [5.41, 5.74) is 0.851. The molecule has 2 N–H and O–H groups in total. The number of piperidine rings is 3. The molecule has 0 saturated carbocycles. The molecular formula is C19H30N4O. The summed E-state index contributed by atoms with van der Waals surface area (Å²) in [4.78, 5) is 9.61. The molecule has 0 aliphatic carbocycles. The number of nitrogens with zero attached hydrogens (tertiary/aromatic N) is 3. The van der Waals surface area contributed by atoms with Crippen molar-refractivity contribution >= 4 is 5.82 Å². The van der Waals surface area contributed by atoms with E-state index < -0.39 is 5.60 Å². The zero-order valence-electron chi connectivity index (χ0n) is 14.6. The highest BCUT2D eigenvalue weighted by molar-refractivity contribution is 5.40. The Morgan fingerprint density at radius 3 is 2.83 bits per heavy atom. The van der Waals surface area contributed by atoms with Gasteiger partial charge < -0.3 is 15.3 Å². The SMILES string of the molecule is O[C@]12CCNC[C@H]1CN(c1ccc(CN3CCCCC3)cn1)CC2. The monoisotopic (exact) mass is 330 g/mol. The topological polar surface area (TPSA) is 51.6 Å². The summed E-state index contributed by atoms with van der Waals surface area (Å²) < 4.78 is 0. The van der Waals surface area contributed by atoms with Crippen molar-refractivity contribution in [3.8, 4) is 0 Å². The molecule has 0 unspecified atom stereocenters. The van der Waals surface area contributed by atoms with Gasteiger partial charge in [-0.2, -0.15) is 0 Å². The molecule has 0 radical (unpaired) electrons. The molecule has 3 saturated heterocycles. The summed E-state index contributed by atoms with van der Waals surface area (Å²) in [6.45, 7) is 7.14. The molecule has 3 aliphatic heterocycles. The van der Waals surface area contributed by atoms with Crippen molar-refractivity contribution in [1.29, 1.82) is 0 Å². The second kappa shape index (κ2) is 6.98. The van der Waals surface area contributed by atoms with E-state index in [4.69, 9.17) is 4.98 Å². The third-order valence-corrected chi connectivity index (χ3v) is 6.13. The summed E-state index contributed by atoms with van der Waals surface area (Å²) in [6.07, 6.45) is 7.83. The van der Waals surface area contributed by atoms with E-state index >= 15 is 0 Å². The summed E-state index contributed by atoms with van der Waals surface area (Å²) in [5.74, 6) is 1.37. The van der Waals surface area contributed by atoms with Crippen LogP contribution in [0.2, 0.25) is 0 Å². The summed E-state index contributed by atoms with van der Waals surface area (Å²) in [6, 6.07) is 4.40. The van der Waals surface area contributed by atoms with Gasteiger partial charge in [0.05, 0.1) is 5.60 Å². The minimum absolute atomic E-state index is 0.315. The van der Waals surface area contributed by atoms with E-state index in [1.807, 2.05) is 6.20 Å². The zero-order chi connectivity index (χ0) is 16.4. The molecule has 0 aromatic carbocycles. The molecule has 4 heterocycles. The van der Waals surface area contributed by atoms with Gasteiger partial charge in [0.15, 0.2) is 0 Å². The van der Waals surface area contributed by atoms with Crippen LogP contribution in [0.4, 0.5) is 5.82 Å². The van der Waals surface area contributed by atoms with E-state index in [1.54, 1.807) is 0 Å². The second-order valence-electron chi connectivity index (χ2n) is 7.81. The van der Waals surface area contributed by atoms with Gasteiger partial charge in [-0.25, -0.2) is 4.98 Å². The van der Waals surface area contributed by atoms with Gasteiger partial charge in [0.1, 0.15) is 5.82 Å². The van der Waals surface area contributed by atoms with Crippen molar-refractivity contribution in [2.24, 2.45) is 5.92 Å². The van der Waals surface area contributed by atoms with Gasteiger partial charge in [-0.1, -0.05) is 12.5 Å². The van der Waals surface area contributed by atoms with Crippen LogP contribution < -0.4 is 10.2 Å². The zero-order valence-corrected chi connectivity index (χ0v) is 14.6. The van der Waals surface area contributed by atoms with E-state index in [1.165, 1.54) is 37.9 Å². The molecule has 1 aromatic heterocycles. The third kappa shape index (κ3) is 3.44. The van der Waals surface area contributed by atoms with Gasteiger partial charge in [0.25, 0.3) is 0 Å². The molecule has 3 aliphatic rings. The standard InChI is InChI=1S/C19H30N4O/c24-19-6-8-20-13-17(19)15-23(11-7-19)18-5-4-16(12-21-18)14-22-9-2-1-3-10-22/h4-5,12,17,20,24H,1-3,6-11,13-15H2/t17-,19-/m0/s1. The smallest absolute Gasteiger partial charge is 0.128 e. The van der Waals surface area contributed by atoms with Crippen LogP contribution in [-0.2, 0) is 6.54 Å². The van der Waals surface area contributed by atoms with Gasteiger partial charge in [0, 0.05) is 38.3 Å². The predicted octanol–water partition coefficient (Wildman–Crippen LogP) is 1.62. The Kier molecular flexibility index (Phi) is 4.74. The number of likely N-dealkylation sites (tertiary alicyclic amines) is 1. The van der Waals surface area contributed by atoms with Crippen molar-refractivity contribution in [2.75, 3.05) is 44.2 Å². The molecule has 24 heavy (non-hydrogen) atoms. The molecule has 0 spiro atoms. The first-order chi connectivity index (χ1) is 11.7. The van der Waals surface area contributed by atoms with Crippen LogP contribution in [0.25, 0.3) is 0 Å². The van der Waals surface area contributed by atoms with E-state index in [2.05, 4.69) is 27.2 Å². The molecule has 3 fully saturated rings. The summed E-state index contributed by atoms with van der Waals surface area (Å²) in [5, 5.41) is 14.2. The van der Waals surface area contributed by atoms with Gasteiger partial charge in [-0.15, -0.1) is 0 Å². The number of aliphatic hydroxyl groups is 1. The number of aromatic nitrogens is 1. The molecule has 0 bridgehead atoms. The van der Waals surface area contributed by atoms with Crippen molar-refractivity contribution in [3.63, 3.8) is 0 Å². The van der Waals surface area contributed by atoms with E-state index in [9.17, 15) is 5.11 Å². The maximum absolute atomic E-state index is 10.8. The predicted molar refractivity (Wildman–Crippen MR) is 96.1 cm³/mol. The van der Waals surface area contributed by atoms with Crippen LogP contribution >= 0.6 is 0 Å². The minimum atomic E-state index is -0.462. The fraction of sp³-hybridized carbons (Fsp3) is 0.737. The second-order valence-corrected chi connectivity index (χ2v) is 7.81. The van der Waals surface area contributed by atoms with E-state index in [0.29, 0.717) is 5.92 Å². The average Bonchev–Trinajstić information content (AvgIpc) is 2.62. The number of rotatable bonds is 3. The molecule has 1 aromatic rings. The first-order valence-corrected chi connectivity index (χ1v) is 9.58. The Morgan fingerprint density at radius 2 is 2.04 bits per heavy atom. The minimum Gasteiger partial charge on any atom is -0.389 e. The number of hydrogen-bond acceptors (Lipinski definition) is 5. The fourth-order valence-corrected chi connectivity index (χ4v) is 4.51. The molecule has 0 amide bonds. The van der Waals surface area contributed by atoms with Crippen LogP contribution in [0.15, 0.2) is 18.3 Å². The highest BCUT2D eigenvalue weighted by Gasteiger charge is 2.43. The highest BCUT2D eigenvalue weighted by Crippen LogP contribution is 2.34. The molecule has 5 nitrogen and oxygen atoms in total. The van der Waals surface area contributed by atoms with E-state index in [-0.39, 0.29) is 0 Å². The Hall–Kier alpha value is -1.17. The van der Waals surface area contributed by atoms with Crippen LogP contribution in [0, 0.1) is 5.92 Å². The number of fused-ring (bicyclic) bond motifs is 1. The molecular weight excluding hydrogens is 300 g/mol. The molecule has 5 heteroatoms. The Bertz CT molecular complexity index is 543. The van der Waals surface area contributed by atoms with Crippen LogP contribution in [0.5, 0.6) is 0 Å². The maximum atomic E-state index is 10.8. The van der Waals surface area contributed by atoms with Gasteiger partial charge in [-0.05, 0) is 56.9 Å². The number of nitrogens with one attached hydrogen (secondary N) is 1. The lowest BCUT2D eigenvalue weighted by molar-refractivity contribution is -0.0539. The summed E-state index contributed by atoms with van der Waals surface area (Å²) >= 11 is 0. The first-order valence-electron chi connectivity index (χ1n) is 9.58.